The van der Waals surface area contributed by atoms with Gasteiger partial charge in [-0.1, -0.05) is 36.6 Å². The highest BCUT2D eigenvalue weighted by Crippen LogP contribution is 2.28. The summed E-state index contributed by atoms with van der Waals surface area (Å²) in [6.07, 6.45) is 3.24. The van der Waals surface area contributed by atoms with Crippen molar-refractivity contribution in [1.29, 1.82) is 0 Å². The number of alkyl halides is 4. The zero-order valence-electron chi connectivity index (χ0n) is 23.4. The Balaban J connectivity index is 1.89. The lowest BCUT2D eigenvalue weighted by molar-refractivity contribution is -0.0909. The second-order valence-electron chi connectivity index (χ2n) is 9.49. The fourth-order valence-electron chi connectivity index (χ4n) is 4.22. The summed E-state index contributed by atoms with van der Waals surface area (Å²) in [4.78, 5) is 28.6. The summed E-state index contributed by atoms with van der Waals surface area (Å²) in [6, 6.07) is 11.7. The Labute approximate surface area is 253 Å². The smallest absolute Gasteiger partial charge is 0.395 e. The van der Waals surface area contributed by atoms with Gasteiger partial charge in [0, 0.05) is 41.9 Å². The summed E-state index contributed by atoms with van der Waals surface area (Å²) in [7, 11) is 0. The van der Waals surface area contributed by atoms with Crippen LogP contribution < -0.4 is 15.6 Å². The molecule has 2 aromatic rings. The largest absolute Gasteiger partial charge is 0.413 e. The van der Waals surface area contributed by atoms with Gasteiger partial charge in [0.05, 0.1) is 30.0 Å². The zero-order chi connectivity index (χ0) is 31.2. The van der Waals surface area contributed by atoms with Crippen LogP contribution in [0.3, 0.4) is 0 Å². The van der Waals surface area contributed by atoms with Crippen molar-refractivity contribution < 1.29 is 27.9 Å². The van der Waals surface area contributed by atoms with E-state index in [2.05, 4.69) is 39.2 Å². The van der Waals surface area contributed by atoms with E-state index in [0.717, 1.165) is 50.3 Å². The summed E-state index contributed by atoms with van der Waals surface area (Å²) in [6.45, 7) is 5.07. The van der Waals surface area contributed by atoms with Crippen LogP contribution in [0, 0.1) is 11.8 Å². The van der Waals surface area contributed by atoms with Gasteiger partial charge in [-0.2, -0.15) is 18.3 Å². The molecule has 7 nitrogen and oxygen atoms in total. The fourth-order valence-corrected chi connectivity index (χ4v) is 4.45. The highest BCUT2D eigenvalue weighted by atomic mass is 35.5. The van der Waals surface area contributed by atoms with Gasteiger partial charge in [-0.25, -0.2) is 5.43 Å². The SMILES string of the molecule is C=C/C=C(\C=C(/CCl)C(F)(F)F)/C=N/NC(=O)c1cc(N2CCCCC2)ccc1NC(=O)c1cccc(C#CCCO)c1. The first-order valence-electron chi connectivity index (χ1n) is 13.6. The van der Waals surface area contributed by atoms with Crippen LogP contribution in [0.4, 0.5) is 24.5 Å². The van der Waals surface area contributed by atoms with E-state index in [0.29, 0.717) is 17.5 Å². The molecule has 0 spiro atoms. The number of aliphatic hydroxyl groups is 1. The van der Waals surface area contributed by atoms with Crippen molar-refractivity contribution >= 4 is 41.0 Å². The van der Waals surface area contributed by atoms with Gasteiger partial charge in [-0.15, -0.1) is 11.6 Å². The highest BCUT2D eigenvalue weighted by Gasteiger charge is 2.32. The van der Waals surface area contributed by atoms with Crippen LogP contribution in [0.5, 0.6) is 0 Å². The summed E-state index contributed by atoms with van der Waals surface area (Å²) >= 11 is 5.47. The third-order valence-electron chi connectivity index (χ3n) is 6.35. The number of carbonyl (C=O) groups excluding carboxylic acids is 2. The third-order valence-corrected chi connectivity index (χ3v) is 6.64. The number of amides is 2. The quantitative estimate of drug-likeness (QED) is 0.0977. The molecule has 2 aromatic carbocycles. The average Bonchev–Trinajstić information content (AvgIpc) is 3.00. The Morgan fingerprint density at radius 3 is 2.56 bits per heavy atom. The molecule has 0 atom stereocenters. The van der Waals surface area contributed by atoms with E-state index in [1.165, 1.54) is 12.2 Å². The number of hydrazone groups is 1. The van der Waals surface area contributed by atoms with Gasteiger partial charge in [-0.3, -0.25) is 9.59 Å². The number of halogens is 4. The molecule has 1 fully saturated rings. The first kappa shape index (κ1) is 33.2. The maximum atomic E-state index is 13.3. The van der Waals surface area contributed by atoms with Crippen LogP contribution in [0.15, 0.2) is 83.5 Å². The van der Waals surface area contributed by atoms with Gasteiger partial charge in [0.15, 0.2) is 0 Å². The van der Waals surface area contributed by atoms with E-state index in [1.807, 2.05) is 6.07 Å². The van der Waals surface area contributed by atoms with Crippen molar-refractivity contribution in [2.75, 3.05) is 35.8 Å². The lowest BCUT2D eigenvalue weighted by atomic mass is 10.1. The Bertz CT molecular complexity index is 1470. The van der Waals surface area contributed by atoms with Crippen LogP contribution >= 0.6 is 11.6 Å². The topological polar surface area (TPSA) is 94.0 Å². The molecule has 3 rings (SSSR count). The number of piperidine rings is 1. The van der Waals surface area contributed by atoms with Gasteiger partial charge in [0.25, 0.3) is 11.8 Å². The number of nitrogens with one attached hydrogen (secondary N) is 2. The van der Waals surface area contributed by atoms with Gasteiger partial charge in [0.1, 0.15) is 0 Å². The average molecular weight is 613 g/mol. The van der Waals surface area contributed by atoms with E-state index in [4.69, 9.17) is 16.7 Å². The second-order valence-corrected chi connectivity index (χ2v) is 9.76. The minimum atomic E-state index is -4.63. The van der Waals surface area contributed by atoms with Gasteiger partial charge < -0.3 is 15.3 Å². The monoisotopic (exact) mass is 612 g/mol. The molecule has 226 valence electrons. The Kier molecular flexibility index (Phi) is 12.6. The maximum Gasteiger partial charge on any atom is 0.413 e. The summed E-state index contributed by atoms with van der Waals surface area (Å²) in [5.41, 5.74) is 3.41. The summed E-state index contributed by atoms with van der Waals surface area (Å²) in [5.74, 6) is 3.78. The molecule has 1 aliphatic heterocycles. The minimum absolute atomic E-state index is 0.0147. The van der Waals surface area contributed by atoms with E-state index >= 15 is 0 Å². The molecule has 0 bridgehead atoms. The molecule has 0 radical (unpaired) electrons. The minimum Gasteiger partial charge on any atom is -0.395 e. The summed E-state index contributed by atoms with van der Waals surface area (Å²) in [5, 5.41) is 15.6. The standard InChI is InChI=1S/C32H32ClF3N4O3/c1-2-9-24(19-26(21-33)32(34,35)36)22-37-39-31(43)28-20-27(40-15-5-3-6-16-40)13-14-29(28)38-30(42)25-12-8-11-23(18-25)10-4-7-17-41/h2,8-9,11-14,18-20,22,41H,1,3,5-7,15-17,21H2,(H,38,42)(H,39,43)/b24-9+,26-19+,37-22+. The molecule has 1 heterocycles. The number of carbonyl (C=O) groups is 2. The van der Waals surface area contributed by atoms with Crippen molar-refractivity contribution in [1.82, 2.24) is 5.43 Å². The van der Waals surface area contributed by atoms with Crippen molar-refractivity contribution in [3.63, 3.8) is 0 Å². The van der Waals surface area contributed by atoms with Crippen LogP contribution in [0.25, 0.3) is 0 Å². The predicted molar refractivity (Wildman–Crippen MR) is 165 cm³/mol. The first-order chi connectivity index (χ1) is 20.7. The molecular weight excluding hydrogens is 581 g/mol. The first-order valence-corrected chi connectivity index (χ1v) is 14.1. The van der Waals surface area contributed by atoms with E-state index in [9.17, 15) is 22.8 Å². The number of anilines is 2. The van der Waals surface area contributed by atoms with Crippen LogP contribution in [-0.2, 0) is 0 Å². The highest BCUT2D eigenvalue weighted by molar-refractivity contribution is 6.19. The predicted octanol–water partition coefficient (Wildman–Crippen LogP) is 6.22. The number of allylic oxidation sites excluding steroid dienone is 5. The molecule has 0 unspecified atom stereocenters. The molecular formula is C32H32ClF3N4O3. The van der Waals surface area contributed by atoms with Crippen molar-refractivity contribution in [2.24, 2.45) is 5.10 Å². The van der Waals surface area contributed by atoms with Gasteiger partial charge in [0.2, 0.25) is 0 Å². The maximum absolute atomic E-state index is 13.3. The zero-order valence-corrected chi connectivity index (χ0v) is 24.1. The normalized spacial score (nSPS) is 14.2. The van der Waals surface area contributed by atoms with Gasteiger partial charge >= 0.3 is 6.18 Å². The lowest BCUT2D eigenvalue weighted by Crippen LogP contribution is -2.30. The molecule has 0 aliphatic carbocycles. The molecule has 1 aliphatic rings. The number of hydrogen-bond acceptors (Lipinski definition) is 5. The second kappa shape index (κ2) is 16.3. The lowest BCUT2D eigenvalue weighted by Gasteiger charge is -2.29. The fraction of sp³-hybridized carbons (Fsp3) is 0.281. The Hall–Kier alpha value is -4.33. The molecule has 0 saturated carbocycles. The van der Waals surface area contributed by atoms with E-state index < -0.39 is 29.4 Å². The van der Waals surface area contributed by atoms with Gasteiger partial charge in [-0.05, 0) is 67.3 Å². The van der Waals surface area contributed by atoms with Crippen LogP contribution in [0.1, 0.15) is 52.0 Å². The molecule has 43 heavy (non-hydrogen) atoms. The number of nitrogens with zero attached hydrogens (tertiary/aromatic N) is 2. The Morgan fingerprint density at radius 2 is 1.88 bits per heavy atom. The Morgan fingerprint density at radius 1 is 1.12 bits per heavy atom. The summed E-state index contributed by atoms with van der Waals surface area (Å²) < 4.78 is 39.5. The van der Waals surface area contributed by atoms with Crippen LogP contribution in [-0.4, -0.2) is 54.9 Å². The molecule has 3 N–H and O–H groups in total. The van der Waals surface area contributed by atoms with Crippen molar-refractivity contribution in [3.8, 4) is 11.8 Å². The van der Waals surface area contributed by atoms with E-state index in [1.54, 1.807) is 36.4 Å². The number of hydrogen-bond donors (Lipinski definition) is 3. The molecule has 11 heteroatoms. The van der Waals surface area contributed by atoms with Crippen LogP contribution in [0.2, 0.25) is 0 Å². The molecule has 1 saturated heterocycles. The van der Waals surface area contributed by atoms with Crippen molar-refractivity contribution in [3.05, 3.63) is 95.1 Å². The van der Waals surface area contributed by atoms with Crippen molar-refractivity contribution in [2.45, 2.75) is 31.9 Å². The molecule has 2 amide bonds. The third kappa shape index (κ3) is 10.2. The van der Waals surface area contributed by atoms with E-state index in [-0.39, 0.29) is 23.4 Å². The molecule has 0 aromatic heterocycles. The number of aliphatic hydroxyl groups excluding tert-OH is 1. The number of rotatable bonds is 10. The number of benzene rings is 2.